The Bertz CT molecular complexity index is 3200. The number of hydrogen-bond acceptors (Lipinski definition) is 13. The van der Waals surface area contributed by atoms with Crippen LogP contribution in [0.1, 0.15) is 48.7 Å². The van der Waals surface area contributed by atoms with Gasteiger partial charge in [-0.05, 0) is 95.1 Å². The molecule has 3 aromatic heterocycles. The molecular formula is C52H50F3N10O6P. The average Bonchev–Trinajstić information content (AvgIpc) is 4.04. The number of piperazine rings is 1. The molecule has 0 aliphatic carbocycles. The Morgan fingerprint density at radius 3 is 1.94 bits per heavy atom. The number of benzene rings is 5. The Morgan fingerprint density at radius 1 is 0.778 bits per heavy atom. The van der Waals surface area contributed by atoms with Crippen molar-refractivity contribution in [1.29, 1.82) is 0 Å². The van der Waals surface area contributed by atoms with E-state index in [1.807, 2.05) is 116 Å². The normalized spacial score (nSPS) is 16.8. The highest BCUT2D eigenvalue weighted by Gasteiger charge is 2.59. The zero-order chi connectivity index (χ0) is 50.0. The van der Waals surface area contributed by atoms with Gasteiger partial charge in [0.2, 0.25) is 0 Å². The van der Waals surface area contributed by atoms with Gasteiger partial charge in [-0.1, -0.05) is 91.9 Å². The molecule has 2 aliphatic heterocycles. The van der Waals surface area contributed by atoms with Crippen molar-refractivity contribution in [3.05, 3.63) is 191 Å². The summed E-state index contributed by atoms with van der Waals surface area (Å²) in [4.78, 5) is 22.6. The smallest absolute Gasteiger partial charge is 0.377 e. The fraction of sp³-hybridized carbons (Fsp3) is 0.269. The second kappa shape index (κ2) is 20.1. The molecule has 20 heteroatoms. The van der Waals surface area contributed by atoms with Crippen LogP contribution in [0.25, 0.3) is 28.2 Å². The summed E-state index contributed by atoms with van der Waals surface area (Å²) >= 11 is 0. The Labute approximate surface area is 412 Å². The predicted octanol–water partition coefficient (Wildman–Crippen LogP) is 9.11. The van der Waals surface area contributed by atoms with Crippen LogP contribution < -0.4 is 15.5 Å². The first kappa shape index (κ1) is 48.4. The van der Waals surface area contributed by atoms with E-state index in [0.29, 0.717) is 17.7 Å². The predicted molar refractivity (Wildman–Crippen MR) is 263 cm³/mol. The molecule has 0 amide bonds. The number of alkyl halides is 2. The molecule has 5 aromatic carbocycles. The number of anilines is 2. The Morgan fingerprint density at radius 2 is 1.36 bits per heavy atom. The van der Waals surface area contributed by atoms with E-state index in [0.717, 1.165) is 77.1 Å². The first-order chi connectivity index (χ1) is 34.8. The standard InChI is InChI=1S/C52H50F3N10O6P/c1-3-47(36(2)71-72(68,69-32-37-10-6-4-7-11-37)70-33-38-12-8-5-9-13-38)65-50(66)63(35-57-65)44-22-20-43(21-23-44)62-28-26-61(27-29-62)42-18-14-39(15-19-42)40-16-25-48(56-31-40)52(54,55)51(67)34-64-49(58-59-60-64)45-30-41(53)17-24-46(45)51/h4-25,30-31,35-36,47,67H,3,26-29,32-34H2,1-2H3/t36-,47-,51-/m0/s1. The van der Waals surface area contributed by atoms with Gasteiger partial charge in [-0.25, -0.2) is 27.7 Å². The maximum Gasteiger partial charge on any atom is 0.475 e. The molecule has 3 atom stereocenters. The van der Waals surface area contributed by atoms with Crippen LogP contribution in [0.5, 0.6) is 0 Å². The average molecular weight is 999 g/mol. The maximum absolute atomic E-state index is 16.3. The molecule has 10 rings (SSSR count). The molecule has 0 saturated carbocycles. The second-order valence-corrected chi connectivity index (χ2v) is 19.4. The molecule has 0 bridgehead atoms. The summed E-state index contributed by atoms with van der Waals surface area (Å²) in [6, 6.07) is 39.5. The number of nitrogens with zero attached hydrogens (tertiary/aromatic N) is 10. The minimum absolute atomic E-state index is 0.00306. The number of pyridine rings is 1. The molecule has 2 aliphatic rings. The Kier molecular flexibility index (Phi) is 13.5. The Hall–Kier alpha value is -7.28. The van der Waals surface area contributed by atoms with E-state index < -0.39 is 49.5 Å². The molecule has 16 nitrogen and oxygen atoms in total. The van der Waals surface area contributed by atoms with Gasteiger partial charge in [0.25, 0.3) is 0 Å². The monoisotopic (exact) mass is 998 g/mol. The molecule has 8 aromatic rings. The van der Waals surface area contributed by atoms with E-state index in [2.05, 4.69) is 35.4 Å². The van der Waals surface area contributed by atoms with Gasteiger partial charge in [0.15, 0.2) is 11.4 Å². The molecular weight excluding hydrogens is 949 g/mol. The van der Waals surface area contributed by atoms with Crippen LogP contribution in [-0.2, 0) is 49.4 Å². The molecule has 370 valence electrons. The third-order valence-corrected chi connectivity index (χ3v) is 14.7. The van der Waals surface area contributed by atoms with E-state index >= 15 is 8.78 Å². The number of rotatable bonds is 17. The number of hydrogen-bond donors (Lipinski definition) is 1. The van der Waals surface area contributed by atoms with E-state index in [4.69, 9.17) is 13.6 Å². The molecule has 72 heavy (non-hydrogen) atoms. The van der Waals surface area contributed by atoms with Gasteiger partial charge in [0.05, 0.1) is 37.6 Å². The fourth-order valence-electron chi connectivity index (χ4n) is 9.26. The van der Waals surface area contributed by atoms with E-state index in [1.165, 1.54) is 33.9 Å². The van der Waals surface area contributed by atoms with Crippen LogP contribution in [0, 0.1) is 5.82 Å². The SMILES string of the molecule is CC[C@@H]([C@H](C)OP(=O)(OCc1ccccc1)OCc1ccccc1)n1ncn(-c2ccc(N3CCN(c4ccc(-c5ccc(C(F)(F)[C@]6(O)Cn7nnnc7-c7cc(F)ccc76)nc5)cc4)CC3)cc2)c1=O. The molecule has 5 heterocycles. The van der Waals surface area contributed by atoms with E-state index in [1.54, 1.807) is 6.92 Å². The molecule has 0 unspecified atom stereocenters. The van der Waals surface area contributed by atoms with Gasteiger partial charge in [-0.3, -0.25) is 18.6 Å². The maximum atomic E-state index is 16.3. The van der Waals surface area contributed by atoms with Gasteiger partial charge in [-0.2, -0.15) is 13.9 Å². The van der Waals surface area contributed by atoms with E-state index in [9.17, 15) is 18.9 Å². The van der Waals surface area contributed by atoms with Crippen molar-refractivity contribution < 1.29 is 36.4 Å². The van der Waals surface area contributed by atoms with Crippen LogP contribution in [0.4, 0.5) is 24.5 Å². The first-order valence-electron chi connectivity index (χ1n) is 23.5. The van der Waals surface area contributed by atoms with Crippen LogP contribution in [-0.4, -0.2) is 76.9 Å². The molecule has 0 spiro atoms. The lowest BCUT2D eigenvalue weighted by molar-refractivity contribution is -0.207. The van der Waals surface area contributed by atoms with Crippen LogP contribution >= 0.6 is 7.82 Å². The van der Waals surface area contributed by atoms with Gasteiger partial charge < -0.3 is 14.9 Å². The highest BCUT2D eigenvalue weighted by molar-refractivity contribution is 7.48. The van der Waals surface area contributed by atoms with Gasteiger partial charge in [0, 0.05) is 60.4 Å². The van der Waals surface area contributed by atoms with E-state index in [-0.39, 0.29) is 35.9 Å². The second-order valence-electron chi connectivity index (χ2n) is 17.7. The van der Waals surface area contributed by atoms with Crippen LogP contribution in [0.3, 0.4) is 0 Å². The lowest BCUT2D eigenvalue weighted by Crippen LogP contribution is -2.49. The number of phosphoric acid groups is 1. The minimum Gasteiger partial charge on any atom is -0.377 e. The zero-order valence-corrected chi connectivity index (χ0v) is 40.2. The summed E-state index contributed by atoms with van der Waals surface area (Å²) in [6.45, 7) is 5.93. The van der Waals surface area contributed by atoms with Gasteiger partial charge in [-0.15, -0.1) is 5.10 Å². The van der Waals surface area contributed by atoms with Crippen molar-refractivity contribution in [1.82, 2.24) is 39.5 Å². The van der Waals surface area contributed by atoms with Crippen molar-refractivity contribution in [3.8, 4) is 28.2 Å². The number of aliphatic hydroxyl groups is 1. The largest absolute Gasteiger partial charge is 0.475 e. The number of fused-ring (bicyclic) bond motifs is 3. The molecule has 1 fully saturated rings. The van der Waals surface area contributed by atoms with Crippen molar-refractivity contribution in [2.24, 2.45) is 0 Å². The van der Waals surface area contributed by atoms with Crippen molar-refractivity contribution in [2.75, 3.05) is 36.0 Å². The summed E-state index contributed by atoms with van der Waals surface area (Å²) in [7, 11) is -4.13. The lowest BCUT2D eigenvalue weighted by Gasteiger charge is -2.39. The molecule has 0 radical (unpaired) electrons. The summed E-state index contributed by atoms with van der Waals surface area (Å²) < 4.78 is 82.6. The Balaban J connectivity index is 0.754. The minimum atomic E-state index is -4.13. The van der Waals surface area contributed by atoms with Gasteiger partial charge in [0.1, 0.15) is 17.8 Å². The third kappa shape index (κ3) is 9.60. The van der Waals surface area contributed by atoms with Crippen molar-refractivity contribution in [2.45, 2.75) is 63.7 Å². The zero-order valence-electron chi connectivity index (χ0n) is 39.3. The quantitative estimate of drug-likeness (QED) is 0.0859. The molecule has 1 N–H and O–H groups in total. The van der Waals surface area contributed by atoms with Crippen molar-refractivity contribution >= 4 is 19.2 Å². The number of halogens is 3. The fourth-order valence-corrected chi connectivity index (χ4v) is 10.6. The third-order valence-electron chi connectivity index (χ3n) is 13.2. The topological polar surface area (TPSA) is 168 Å². The lowest BCUT2D eigenvalue weighted by atomic mass is 9.80. The number of phosphoric ester groups is 1. The first-order valence-corrected chi connectivity index (χ1v) is 24.9. The summed E-state index contributed by atoms with van der Waals surface area (Å²) in [6.07, 6.45) is 2.48. The summed E-state index contributed by atoms with van der Waals surface area (Å²) in [5.74, 6) is -4.50. The number of tetrazole rings is 1. The van der Waals surface area contributed by atoms with Crippen molar-refractivity contribution in [3.63, 3.8) is 0 Å². The number of aromatic nitrogens is 8. The highest BCUT2D eigenvalue weighted by atomic mass is 31.2. The van der Waals surface area contributed by atoms with Crippen LogP contribution in [0.2, 0.25) is 0 Å². The summed E-state index contributed by atoms with van der Waals surface area (Å²) in [5.41, 5.74) is 1.55. The molecule has 1 saturated heterocycles. The van der Waals surface area contributed by atoms with Gasteiger partial charge >= 0.3 is 19.4 Å². The highest BCUT2D eigenvalue weighted by Crippen LogP contribution is 2.54. The van der Waals surface area contributed by atoms with Crippen LogP contribution in [0.15, 0.2) is 157 Å². The summed E-state index contributed by atoms with van der Waals surface area (Å²) in [5, 5.41) is 27.2.